The number of esters is 4. The van der Waals surface area contributed by atoms with Crippen molar-refractivity contribution in [1.29, 1.82) is 0 Å². The maximum Gasteiger partial charge on any atom is 0.337 e. The summed E-state index contributed by atoms with van der Waals surface area (Å²) in [4.78, 5) is 51.7. The van der Waals surface area contributed by atoms with E-state index in [1.54, 1.807) is 19.9 Å². The molecule has 2 saturated carbocycles. The number of aliphatic hydroxyl groups excluding tert-OH is 1. The van der Waals surface area contributed by atoms with Crippen molar-refractivity contribution in [2.24, 2.45) is 34.0 Å². The molecule has 45 heavy (non-hydrogen) atoms. The Balaban J connectivity index is 1.54. The second-order valence-corrected chi connectivity index (χ2v) is 14.3. The van der Waals surface area contributed by atoms with E-state index in [1.807, 2.05) is 6.92 Å². The minimum absolute atomic E-state index is 0.0230. The Morgan fingerprint density at radius 2 is 1.82 bits per heavy atom. The van der Waals surface area contributed by atoms with Crippen LogP contribution in [0.3, 0.4) is 0 Å². The third kappa shape index (κ3) is 4.40. The number of carbonyl (C=O) groups is 4. The fraction of sp³-hybridized carbons (Fsp3) is 0.706. The van der Waals surface area contributed by atoms with Crippen LogP contribution in [-0.4, -0.2) is 79.5 Å². The van der Waals surface area contributed by atoms with Crippen LogP contribution in [0, 0.1) is 34.0 Å². The number of ether oxygens (including phenoxy) is 6. The average Bonchev–Trinajstić information content (AvgIpc) is 3.69. The van der Waals surface area contributed by atoms with E-state index in [2.05, 4.69) is 20.8 Å². The zero-order valence-corrected chi connectivity index (χ0v) is 27.2. The summed E-state index contributed by atoms with van der Waals surface area (Å²) in [5, 5.41) is 10.0. The van der Waals surface area contributed by atoms with Gasteiger partial charge in [-0.15, -0.1) is 0 Å². The van der Waals surface area contributed by atoms with Gasteiger partial charge in [0, 0.05) is 59.0 Å². The molecule has 6 rings (SSSR count). The summed E-state index contributed by atoms with van der Waals surface area (Å²) < 4.78 is 36.1. The molecule has 0 aromatic rings. The molecular formula is C34H44O11. The highest BCUT2D eigenvalue weighted by Crippen LogP contribution is 2.74. The highest BCUT2D eigenvalue weighted by Gasteiger charge is 2.78. The molecule has 12 unspecified atom stereocenters. The standard InChI is InChI=1S/C34H44O11/c1-9-15(2)30(38)44-23-13-22(42-17(4)35)32(5)14-41-27-28(32)33(23,6)21(12-24(36)40-8)34(7)26-16(3)18(10-20(26)43-29(27)34)19-11-25(37)45-31(19)39/h9,11,18,20-23,25,27-29,37H,10,12-14H2,1-8H3. The quantitative estimate of drug-likeness (QED) is 0.200. The maximum absolute atomic E-state index is 13.4. The summed E-state index contributed by atoms with van der Waals surface area (Å²) in [5.74, 6) is -2.95. The molecule has 2 saturated heterocycles. The molecule has 11 heteroatoms. The Labute approximate surface area is 263 Å². The number of fused-ring (bicyclic) bond motifs is 4. The highest BCUT2D eigenvalue weighted by molar-refractivity contribution is 5.92. The van der Waals surface area contributed by atoms with E-state index < -0.39 is 76.7 Å². The molecule has 0 aromatic carbocycles. The van der Waals surface area contributed by atoms with Crippen LogP contribution in [-0.2, 0) is 47.6 Å². The van der Waals surface area contributed by atoms with Gasteiger partial charge >= 0.3 is 23.9 Å². The molecule has 0 amide bonds. The number of hydrogen-bond acceptors (Lipinski definition) is 11. The van der Waals surface area contributed by atoms with E-state index in [0.29, 0.717) is 24.2 Å². The largest absolute Gasteiger partial charge is 0.469 e. The lowest BCUT2D eigenvalue weighted by molar-refractivity contribution is -0.251. The van der Waals surface area contributed by atoms with E-state index in [9.17, 15) is 24.3 Å². The lowest BCUT2D eigenvalue weighted by Gasteiger charge is -2.65. The predicted molar refractivity (Wildman–Crippen MR) is 157 cm³/mol. The number of hydrogen-bond donors (Lipinski definition) is 1. The van der Waals surface area contributed by atoms with E-state index in [4.69, 9.17) is 28.4 Å². The summed E-state index contributed by atoms with van der Waals surface area (Å²) in [6, 6.07) is 0. The molecule has 11 nitrogen and oxygen atoms in total. The molecular weight excluding hydrogens is 584 g/mol. The van der Waals surface area contributed by atoms with E-state index >= 15 is 0 Å². The molecule has 0 spiro atoms. The summed E-state index contributed by atoms with van der Waals surface area (Å²) >= 11 is 0. The fourth-order valence-electron chi connectivity index (χ4n) is 10.2. The number of aliphatic hydroxyl groups is 1. The Kier molecular flexibility index (Phi) is 7.65. The second-order valence-electron chi connectivity index (χ2n) is 14.3. The number of cyclic esters (lactones) is 1. The van der Waals surface area contributed by atoms with Gasteiger partial charge in [-0.2, -0.15) is 0 Å². The smallest absolute Gasteiger partial charge is 0.337 e. The van der Waals surface area contributed by atoms with Crippen molar-refractivity contribution < 1.29 is 52.7 Å². The van der Waals surface area contributed by atoms with Crippen LogP contribution in [0.5, 0.6) is 0 Å². The third-order valence-corrected chi connectivity index (χ3v) is 12.2. The van der Waals surface area contributed by atoms with Crippen LogP contribution in [0.4, 0.5) is 0 Å². The van der Waals surface area contributed by atoms with Crippen molar-refractivity contribution in [3.05, 3.63) is 34.4 Å². The van der Waals surface area contributed by atoms with Gasteiger partial charge in [-0.25, -0.2) is 9.59 Å². The molecule has 0 aromatic heterocycles. The molecule has 12 atom stereocenters. The first-order valence-corrected chi connectivity index (χ1v) is 15.8. The van der Waals surface area contributed by atoms with Crippen LogP contribution < -0.4 is 0 Å². The van der Waals surface area contributed by atoms with Crippen LogP contribution >= 0.6 is 0 Å². The normalized spacial score (nSPS) is 44.9. The zero-order valence-electron chi connectivity index (χ0n) is 27.2. The van der Waals surface area contributed by atoms with Crippen LogP contribution in [0.1, 0.15) is 67.7 Å². The summed E-state index contributed by atoms with van der Waals surface area (Å²) in [6.07, 6.45) is -0.0377. The van der Waals surface area contributed by atoms with Crippen molar-refractivity contribution in [3.8, 4) is 0 Å². The predicted octanol–water partition coefficient (Wildman–Crippen LogP) is 3.33. The number of allylic oxidation sites excluding steroid dienone is 2. The molecule has 3 aliphatic carbocycles. The molecule has 4 fully saturated rings. The van der Waals surface area contributed by atoms with Gasteiger partial charge < -0.3 is 33.5 Å². The van der Waals surface area contributed by atoms with Gasteiger partial charge in [0.15, 0.2) is 0 Å². The highest BCUT2D eigenvalue weighted by atomic mass is 16.6. The minimum atomic E-state index is -1.29. The van der Waals surface area contributed by atoms with Crippen LogP contribution in [0.25, 0.3) is 0 Å². The summed E-state index contributed by atoms with van der Waals surface area (Å²) in [5.41, 5.74) is 0.495. The first-order valence-electron chi connectivity index (χ1n) is 15.8. The van der Waals surface area contributed by atoms with Crippen molar-refractivity contribution >= 4 is 23.9 Å². The molecule has 0 bridgehead atoms. The summed E-state index contributed by atoms with van der Waals surface area (Å²) in [6.45, 7) is 13.3. The average molecular weight is 629 g/mol. The molecule has 0 radical (unpaired) electrons. The zero-order chi connectivity index (χ0) is 32.8. The fourth-order valence-corrected chi connectivity index (χ4v) is 10.2. The van der Waals surface area contributed by atoms with Gasteiger partial charge in [0.05, 0.1) is 32.0 Å². The third-order valence-electron chi connectivity index (χ3n) is 12.2. The Hall–Kier alpha value is -3.02. The van der Waals surface area contributed by atoms with Crippen LogP contribution in [0.2, 0.25) is 0 Å². The van der Waals surface area contributed by atoms with Gasteiger partial charge in [-0.05, 0) is 44.8 Å². The minimum Gasteiger partial charge on any atom is -0.469 e. The van der Waals surface area contributed by atoms with Gasteiger partial charge in [0.1, 0.15) is 12.2 Å². The first-order chi connectivity index (χ1) is 21.1. The lowest BCUT2D eigenvalue weighted by Crippen LogP contribution is -2.71. The SMILES string of the molecule is CC=C(C)C(=O)OC1CC(OC(C)=O)C2(C)COC3C4OC5CC(C6=CC(O)OC6=O)C(C)=C5C4(C)C(CC(=O)OC)C1(C)C32. The van der Waals surface area contributed by atoms with Crippen molar-refractivity contribution in [2.45, 2.75) is 105 Å². The Morgan fingerprint density at radius 3 is 2.42 bits per heavy atom. The van der Waals surface area contributed by atoms with Gasteiger partial charge in [0.2, 0.25) is 6.29 Å². The van der Waals surface area contributed by atoms with Crippen molar-refractivity contribution in [1.82, 2.24) is 0 Å². The number of methoxy groups -OCH3 is 1. The van der Waals surface area contributed by atoms with Gasteiger partial charge in [0.25, 0.3) is 0 Å². The Bertz CT molecular complexity index is 1430. The lowest BCUT2D eigenvalue weighted by atomic mass is 9.40. The van der Waals surface area contributed by atoms with E-state index in [-0.39, 0.29) is 30.8 Å². The van der Waals surface area contributed by atoms with Crippen LogP contribution in [0.15, 0.2) is 34.4 Å². The molecule has 3 heterocycles. The maximum atomic E-state index is 13.4. The number of rotatable bonds is 6. The van der Waals surface area contributed by atoms with Crippen molar-refractivity contribution in [2.75, 3.05) is 13.7 Å². The molecule has 6 aliphatic rings. The number of carbonyl (C=O) groups excluding carboxylic acids is 4. The second kappa shape index (κ2) is 10.8. The molecule has 1 N–H and O–H groups in total. The molecule has 246 valence electrons. The van der Waals surface area contributed by atoms with Crippen molar-refractivity contribution in [3.63, 3.8) is 0 Å². The first kappa shape index (κ1) is 31.9. The monoisotopic (exact) mass is 628 g/mol. The summed E-state index contributed by atoms with van der Waals surface area (Å²) in [7, 11) is 1.36. The Morgan fingerprint density at radius 1 is 1.11 bits per heavy atom. The molecule has 3 aliphatic heterocycles. The topological polar surface area (TPSA) is 144 Å². The van der Waals surface area contributed by atoms with Gasteiger partial charge in [-0.3, -0.25) is 9.59 Å². The van der Waals surface area contributed by atoms with Gasteiger partial charge in [-0.1, -0.05) is 32.4 Å². The van der Waals surface area contributed by atoms with E-state index in [1.165, 1.54) is 20.1 Å². The van der Waals surface area contributed by atoms with E-state index in [0.717, 1.165) is 11.1 Å².